The maximum atomic E-state index is 13.3. The molecule has 12 heteroatoms. The van der Waals surface area contributed by atoms with Crippen molar-refractivity contribution in [3.8, 4) is 17.2 Å². The first-order valence-corrected chi connectivity index (χ1v) is 13.0. The summed E-state index contributed by atoms with van der Waals surface area (Å²) in [6.07, 6.45) is -3.64. The Labute approximate surface area is 191 Å². The Balaban J connectivity index is 1.17. The van der Waals surface area contributed by atoms with E-state index in [1.807, 2.05) is 13.0 Å². The molecule has 0 amide bonds. The average Bonchev–Trinajstić information content (AvgIpc) is 3.30. The van der Waals surface area contributed by atoms with E-state index in [9.17, 15) is 13.0 Å². The number of hydrogen-bond donors (Lipinski definition) is 1. The summed E-state index contributed by atoms with van der Waals surface area (Å²) < 4.78 is 56.9. The van der Waals surface area contributed by atoms with Crippen LogP contribution in [0.2, 0.25) is 0 Å². The van der Waals surface area contributed by atoms with E-state index in [1.54, 1.807) is 10.7 Å². The van der Waals surface area contributed by atoms with E-state index in [2.05, 4.69) is 24.2 Å². The summed E-state index contributed by atoms with van der Waals surface area (Å²) in [4.78, 5) is 6.96. The van der Waals surface area contributed by atoms with Gasteiger partial charge in [0.25, 0.3) is 0 Å². The number of aromatic nitrogens is 2. The third-order valence-corrected chi connectivity index (χ3v) is 8.09. The Morgan fingerprint density at radius 3 is 2.33 bits per heavy atom. The first-order chi connectivity index (χ1) is 15.7. The second kappa shape index (κ2) is 8.41. The minimum atomic E-state index is -3.64. The zero-order chi connectivity index (χ0) is 23.2. The number of nitrogens with one attached hydrogen (secondary N) is 1. The lowest BCUT2D eigenvalue weighted by Gasteiger charge is -2.36. The van der Waals surface area contributed by atoms with Crippen LogP contribution in [0, 0.1) is 11.7 Å². The van der Waals surface area contributed by atoms with Crippen LogP contribution in [0.3, 0.4) is 0 Å². The fourth-order valence-electron chi connectivity index (χ4n) is 4.42. The maximum Gasteiger partial charge on any atom is 0.586 e. The number of anilines is 1. The molecule has 0 aliphatic carbocycles. The normalized spacial score (nSPS) is 22.6. The molecule has 5 rings (SSSR count). The fourth-order valence-corrected chi connectivity index (χ4v) is 5.73. The summed E-state index contributed by atoms with van der Waals surface area (Å²) in [5.74, 6) is 1.84. The van der Waals surface area contributed by atoms with Crippen molar-refractivity contribution in [2.75, 3.05) is 68.8 Å². The largest absolute Gasteiger partial charge is 0.586 e. The number of fused-ring (bicyclic) bond motifs is 1. The van der Waals surface area contributed by atoms with Crippen LogP contribution in [0.5, 0.6) is 11.5 Å². The van der Waals surface area contributed by atoms with Crippen molar-refractivity contribution < 1.29 is 22.5 Å². The molecule has 4 heterocycles. The van der Waals surface area contributed by atoms with Gasteiger partial charge >= 0.3 is 6.29 Å². The summed E-state index contributed by atoms with van der Waals surface area (Å²) >= 11 is 0. The quantitative estimate of drug-likeness (QED) is 0.698. The SMILES string of the molecule is Cc1cc(N2CCN(CCN3CCS(=N)(=O)CC3)CC2)nn1-c1ccc2c(c1)OC(F)(F)O2. The number of piperazine rings is 1. The Morgan fingerprint density at radius 1 is 1.00 bits per heavy atom. The molecule has 0 bridgehead atoms. The molecule has 3 aliphatic heterocycles. The predicted molar refractivity (Wildman–Crippen MR) is 120 cm³/mol. The second-order valence-corrected chi connectivity index (χ2v) is 11.2. The molecule has 3 aliphatic rings. The first kappa shape index (κ1) is 22.4. The van der Waals surface area contributed by atoms with Crippen molar-refractivity contribution in [1.29, 1.82) is 4.78 Å². The van der Waals surface area contributed by atoms with Gasteiger partial charge in [-0.15, -0.1) is 8.78 Å². The predicted octanol–water partition coefficient (Wildman–Crippen LogP) is 1.99. The van der Waals surface area contributed by atoms with Gasteiger partial charge in [-0.05, 0) is 19.1 Å². The number of rotatable bonds is 5. The Hall–Kier alpha value is -2.44. The van der Waals surface area contributed by atoms with Crippen LogP contribution in [-0.4, -0.2) is 93.9 Å². The molecule has 180 valence electrons. The van der Waals surface area contributed by atoms with Gasteiger partial charge in [-0.25, -0.2) is 8.89 Å². The van der Waals surface area contributed by atoms with E-state index in [0.717, 1.165) is 63.9 Å². The van der Waals surface area contributed by atoms with Gasteiger partial charge in [0.05, 0.1) is 5.69 Å². The van der Waals surface area contributed by atoms with Crippen molar-refractivity contribution in [3.05, 3.63) is 30.0 Å². The van der Waals surface area contributed by atoms with Gasteiger partial charge in [-0.1, -0.05) is 0 Å². The molecule has 0 radical (unpaired) electrons. The van der Waals surface area contributed by atoms with Gasteiger partial charge < -0.3 is 19.3 Å². The molecule has 9 nitrogen and oxygen atoms in total. The van der Waals surface area contributed by atoms with Crippen molar-refractivity contribution in [2.24, 2.45) is 0 Å². The van der Waals surface area contributed by atoms with Crippen LogP contribution in [0.1, 0.15) is 5.69 Å². The number of nitrogens with zero attached hydrogens (tertiary/aromatic N) is 5. The molecule has 2 aromatic rings. The van der Waals surface area contributed by atoms with Gasteiger partial charge in [0, 0.05) is 91.4 Å². The van der Waals surface area contributed by atoms with Crippen molar-refractivity contribution >= 4 is 15.5 Å². The van der Waals surface area contributed by atoms with E-state index < -0.39 is 16.0 Å². The lowest BCUT2D eigenvalue weighted by atomic mass is 10.2. The highest BCUT2D eigenvalue weighted by Gasteiger charge is 2.43. The zero-order valence-electron chi connectivity index (χ0n) is 18.5. The Kier molecular flexibility index (Phi) is 5.69. The highest BCUT2D eigenvalue weighted by atomic mass is 32.2. The minimum Gasteiger partial charge on any atom is -0.395 e. The van der Waals surface area contributed by atoms with Crippen molar-refractivity contribution in [2.45, 2.75) is 13.2 Å². The van der Waals surface area contributed by atoms with Crippen LogP contribution in [-0.2, 0) is 9.73 Å². The van der Waals surface area contributed by atoms with Gasteiger partial charge in [-0.3, -0.25) is 9.68 Å². The standard InChI is InChI=1S/C21H28F2N6O3S/c1-16-14-20(25-29(16)17-2-3-18-19(15-17)32-21(22,23)31-18)28-8-6-26(7-9-28)4-5-27-10-12-33(24,30)13-11-27/h2-3,14-15,24H,4-13H2,1H3. The number of alkyl halides is 2. The van der Waals surface area contributed by atoms with E-state index in [4.69, 9.17) is 9.88 Å². The Bertz CT molecular complexity index is 1120. The van der Waals surface area contributed by atoms with Crippen molar-refractivity contribution in [1.82, 2.24) is 19.6 Å². The summed E-state index contributed by atoms with van der Waals surface area (Å²) in [6.45, 7) is 8.87. The summed E-state index contributed by atoms with van der Waals surface area (Å²) in [5.41, 5.74) is 1.53. The third-order valence-electron chi connectivity index (χ3n) is 6.41. The maximum absolute atomic E-state index is 13.3. The second-order valence-electron chi connectivity index (χ2n) is 8.74. The highest BCUT2D eigenvalue weighted by Crippen LogP contribution is 2.42. The minimum absolute atomic E-state index is 0.00124. The molecule has 2 fully saturated rings. The van der Waals surface area contributed by atoms with Crippen molar-refractivity contribution in [3.63, 3.8) is 0 Å². The number of hydrogen-bond acceptors (Lipinski definition) is 8. The monoisotopic (exact) mass is 482 g/mol. The highest BCUT2D eigenvalue weighted by molar-refractivity contribution is 7.92. The van der Waals surface area contributed by atoms with Gasteiger partial charge in [0.1, 0.15) is 0 Å². The first-order valence-electron chi connectivity index (χ1n) is 11.1. The van der Waals surface area contributed by atoms with Crippen LogP contribution < -0.4 is 14.4 Å². The molecule has 0 atom stereocenters. The lowest BCUT2D eigenvalue weighted by Crippen LogP contribution is -2.50. The van der Waals surface area contributed by atoms with Gasteiger partial charge in [-0.2, -0.15) is 5.10 Å². The van der Waals surface area contributed by atoms with E-state index >= 15 is 0 Å². The van der Waals surface area contributed by atoms with Gasteiger partial charge in [0.15, 0.2) is 17.3 Å². The van der Waals surface area contributed by atoms with Crippen LogP contribution >= 0.6 is 0 Å². The molecule has 2 saturated heterocycles. The molecule has 1 aromatic carbocycles. The third kappa shape index (κ3) is 4.92. The average molecular weight is 483 g/mol. The molecular weight excluding hydrogens is 454 g/mol. The smallest absolute Gasteiger partial charge is 0.395 e. The molecule has 0 spiro atoms. The number of benzene rings is 1. The molecule has 0 saturated carbocycles. The van der Waals surface area contributed by atoms with Crippen LogP contribution in [0.15, 0.2) is 24.3 Å². The summed E-state index contributed by atoms with van der Waals surface area (Å²) in [7, 11) is -2.34. The number of halogens is 2. The Morgan fingerprint density at radius 2 is 1.64 bits per heavy atom. The fraction of sp³-hybridized carbons (Fsp3) is 0.571. The molecular formula is C21H28F2N6O3S. The summed E-state index contributed by atoms with van der Waals surface area (Å²) in [6, 6.07) is 6.67. The zero-order valence-corrected chi connectivity index (χ0v) is 19.3. The van der Waals surface area contributed by atoms with E-state index in [1.165, 1.54) is 12.1 Å². The molecule has 1 aromatic heterocycles. The molecule has 0 unspecified atom stereocenters. The van der Waals surface area contributed by atoms with Crippen LogP contribution in [0.4, 0.5) is 14.6 Å². The van der Waals surface area contributed by atoms with E-state index in [0.29, 0.717) is 17.2 Å². The van der Waals surface area contributed by atoms with Crippen LogP contribution in [0.25, 0.3) is 5.69 Å². The molecule has 1 N–H and O–H groups in total. The lowest BCUT2D eigenvalue weighted by molar-refractivity contribution is -0.286. The topological polar surface area (TPSA) is 86.9 Å². The van der Waals surface area contributed by atoms with Gasteiger partial charge in [0.2, 0.25) is 0 Å². The van der Waals surface area contributed by atoms with E-state index in [-0.39, 0.29) is 11.5 Å². The number of aryl methyl sites for hydroxylation is 1. The number of ether oxygens (including phenoxy) is 2. The summed E-state index contributed by atoms with van der Waals surface area (Å²) in [5, 5.41) is 4.71. The molecule has 33 heavy (non-hydrogen) atoms.